The van der Waals surface area contributed by atoms with Gasteiger partial charge >= 0.3 is 0 Å². The Morgan fingerprint density at radius 2 is 2.21 bits per heavy atom. The molecular weight excluding hydrogens is 270 g/mol. The van der Waals surface area contributed by atoms with E-state index >= 15 is 0 Å². The molecule has 1 aliphatic heterocycles. The van der Waals surface area contributed by atoms with Gasteiger partial charge in [-0.1, -0.05) is 6.92 Å². The first-order chi connectivity index (χ1) is 8.93. The fraction of sp³-hybridized carbons (Fsp3) is 0.923. The summed E-state index contributed by atoms with van der Waals surface area (Å²) in [7, 11) is 1.75. The second kappa shape index (κ2) is 5.95. The highest BCUT2D eigenvalue weighted by Gasteiger charge is 2.44. The standard InChI is InChI=1S/C13H22F2N2OS/c1-3-19-10-5-4-9(6-10)17(2)12(18)11-7-13(14,15)8-16-11/h9-11,16H,3-8H2,1-2H3. The minimum atomic E-state index is -2.74. The molecule has 0 bridgehead atoms. The van der Waals surface area contributed by atoms with Gasteiger partial charge in [0, 0.05) is 24.8 Å². The SMILES string of the molecule is CCSC1CCC(N(C)C(=O)C2CC(F)(F)CN2)C1. The molecule has 1 aliphatic carbocycles. The van der Waals surface area contributed by atoms with Crippen LogP contribution in [0.1, 0.15) is 32.6 Å². The summed E-state index contributed by atoms with van der Waals surface area (Å²) in [6.45, 7) is 1.76. The van der Waals surface area contributed by atoms with Gasteiger partial charge in [-0.05, 0) is 25.0 Å². The number of rotatable bonds is 4. The topological polar surface area (TPSA) is 32.3 Å². The molecule has 0 radical (unpaired) electrons. The summed E-state index contributed by atoms with van der Waals surface area (Å²) in [4.78, 5) is 13.9. The van der Waals surface area contributed by atoms with Gasteiger partial charge in [0.2, 0.25) is 5.91 Å². The Bertz CT molecular complexity index is 341. The van der Waals surface area contributed by atoms with Crippen LogP contribution in [0, 0.1) is 0 Å². The lowest BCUT2D eigenvalue weighted by molar-refractivity contribution is -0.134. The number of amides is 1. The fourth-order valence-corrected chi connectivity index (χ4v) is 4.10. The van der Waals surface area contributed by atoms with E-state index in [0.29, 0.717) is 5.25 Å². The molecule has 1 N–H and O–H groups in total. The zero-order valence-electron chi connectivity index (χ0n) is 11.5. The number of likely N-dealkylation sites (N-methyl/N-ethyl adjacent to an activating group) is 1. The van der Waals surface area contributed by atoms with Crippen LogP contribution in [0.4, 0.5) is 8.78 Å². The van der Waals surface area contributed by atoms with E-state index < -0.39 is 12.0 Å². The van der Waals surface area contributed by atoms with E-state index in [4.69, 9.17) is 0 Å². The first kappa shape index (κ1) is 15.0. The molecule has 1 saturated heterocycles. The molecule has 1 amide bonds. The van der Waals surface area contributed by atoms with Crippen LogP contribution in [0.2, 0.25) is 0 Å². The summed E-state index contributed by atoms with van der Waals surface area (Å²) in [5, 5.41) is 3.26. The molecule has 19 heavy (non-hydrogen) atoms. The molecular formula is C13H22F2N2OS. The summed E-state index contributed by atoms with van der Waals surface area (Å²) in [5.41, 5.74) is 0. The number of thioether (sulfide) groups is 1. The average Bonchev–Trinajstić information content (AvgIpc) is 2.94. The quantitative estimate of drug-likeness (QED) is 0.861. The van der Waals surface area contributed by atoms with Crippen molar-refractivity contribution in [2.24, 2.45) is 0 Å². The fourth-order valence-electron chi connectivity index (χ4n) is 2.97. The van der Waals surface area contributed by atoms with Crippen molar-refractivity contribution in [3.8, 4) is 0 Å². The van der Waals surface area contributed by atoms with Gasteiger partial charge in [0.05, 0.1) is 12.6 Å². The van der Waals surface area contributed by atoms with Crippen molar-refractivity contribution in [2.45, 2.75) is 55.9 Å². The minimum Gasteiger partial charge on any atom is -0.341 e. The number of carbonyl (C=O) groups is 1. The molecule has 1 saturated carbocycles. The van der Waals surface area contributed by atoms with Crippen molar-refractivity contribution >= 4 is 17.7 Å². The van der Waals surface area contributed by atoms with Gasteiger partial charge in [-0.25, -0.2) is 8.78 Å². The molecule has 3 nitrogen and oxygen atoms in total. The highest BCUT2D eigenvalue weighted by molar-refractivity contribution is 7.99. The van der Waals surface area contributed by atoms with Crippen molar-refractivity contribution in [3.63, 3.8) is 0 Å². The van der Waals surface area contributed by atoms with E-state index in [1.165, 1.54) is 0 Å². The van der Waals surface area contributed by atoms with E-state index in [9.17, 15) is 13.6 Å². The first-order valence-corrected chi connectivity index (χ1v) is 7.97. The lowest BCUT2D eigenvalue weighted by atomic mass is 10.1. The third-order valence-electron chi connectivity index (χ3n) is 4.06. The predicted octanol–water partition coefficient (Wildman–Crippen LogP) is 2.12. The van der Waals surface area contributed by atoms with Crippen LogP contribution >= 0.6 is 11.8 Å². The molecule has 110 valence electrons. The van der Waals surface area contributed by atoms with Crippen molar-refractivity contribution in [1.29, 1.82) is 0 Å². The summed E-state index contributed by atoms with van der Waals surface area (Å²) in [6, 6.07) is -0.495. The van der Waals surface area contributed by atoms with Gasteiger partial charge in [0.25, 0.3) is 5.92 Å². The molecule has 1 heterocycles. The average molecular weight is 292 g/mol. The Balaban J connectivity index is 1.86. The van der Waals surface area contributed by atoms with E-state index in [-0.39, 0.29) is 24.9 Å². The van der Waals surface area contributed by atoms with Crippen molar-refractivity contribution in [3.05, 3.63) is 0 Å². The Hall–Kier alpha value is -0.360. The smallest absolute Gasteiger partial charge is 0.262 e. The zero-order valence-corrected chi connectivity index (χ0v) is 12.3. The van der Waals surface area contributed by atoms with Crippen LogP contribution in [0.3, 0.4) is 0 Å². The summed E-state index contributed by atoms with van der Waals surface area (Å²) in [5.74, 6) is -1.83. The zero-order chi connectivity index (χ0) is 14.0. The van der Waals surface area contributed by atoms with Crippen molar-refractivity contribution in [1.82, 2.24) is 10.2 Å². The van der Waals surface area contributed by atoms with Gasteiger partial charge < -0.3 is 4.90 Å². The highest BCUT2D eigenvalue weighted by Crippen LogP contribution is 2.33. The highest BCUT2D eigenvalue weighted by atomic mass is 32.2. The van der Waals surface area contributed by atoms with E-state index in [0.717, 1.165) is 25.0 Å². The van der Waals surface area contributed by atoms with Crippen LogP contribution in [0.25, 0.3) is 0 Å². The number of hydrogen-bond donors (Lipinski definition) is 1. The molecule has 0 spiro atoms. The largest absolute Gasteiger partial charge is 0.341 e. The molecule has 2 rings (SSSR count). The lowest BCUT2D eigenvalue weighted by Crippen LogP contribution is -2.45. The molecule has 2 fully saturated rings. The molecule has 0 aromatic carbocycles. The van der Waals surface area contributed by atoms with Crippen LogP contribution in [0.5, 0.6) is 0 Å². The number of nitrogens with one attached hydrogen (secondary N) is 1. The Morgan fingerprint density at radius 3 is 2.79 bits per heavy atom. The molecule has 2 aliphatic rings. The molecule has 3 atom stereocenters. The Kier molecular flexibility index (Phi) is 4.71. The van der Waals surface area contributed by atoms with Crippen molar-refractivity contribution in [2.75, 3.05) is 19.3 Å². The summed E-state index contributed by atoms with van der Waals surface area (Å²) >= 11 is 1.93. The maximum atomic E-state index is 13.1. The van der Waals surface area contributed by atoms with Gasteiger partial charge in [-0.15, -0.1) is 0 Å². The predicted molar refractivity (Wildman–Crippen MR) is 73.7 cm³/mol. The number of hydrogen-bond acceptors (Lipinski definition) is 3. The summed E-state index contributed by atoms with van der Waals surface area (Å²) < 4.78 is 26.2. The number of carbonyl (C=O) groups excluding carboxylic acids is 1. The number of nitrogens with zero attached hydrogens (tertiary/aromatic N) is 1. The molecule has 6 heteroatoms. The maximum Gasteiger partial charge on any atom is 0.262 e. The third kappa shape index (κ3) is 3.60. The first-order valence-electron chi connectivity index (χ1n) is 6.92. The number of halogens is 2. The van der Waals surface area contributed by atoms with Crippen LogP contribution < -0.4 is 5.32 Å². The Morgan fingerprint density at radius 1 is 1.47 bits per heavy atom. The number of alkyl halides is 2. The molecule has 0 aromatic rings. The maximum absolute atomic E-state index is 13.1. The van der Waals surface area contributed by atoms with E-state index in [1.54, 1.807) is 11.9 Å². The van der Waals surface area contributed by atoms with Gasteiger partial charge in [0.1, 0.15) is 0 Å². The van der Waals surface area contributed by atoms with Crippen LogP contribution in [-0.2, 0) is 4.79 Å². The third-order valence-corrected chi connectivity index (χ3v) is 5.30. The van der Waals surface area contributed by atoms with Gasteiger partial charge in [-0.2, -0.15) is 11.8 Å². The normalized spacial score (nSPS) is 33.6. The second-order valence-corrected chi connectivity index (χ2v) is 7.06. The van der Waals surface area contributed by atoms with Crippen LogP contribution in [-0.4, -0.2) is 53.4 Å². The lowest BCUT2D eigenvalue weighted by Gasteiger charge is -2.27. The van der Waals surface area contributed by atoms with Gasteiger partial charge in [0.15, 0.2) is 0 Å². The second-order valence-electron chi connectivity index (χ2n) is 5.49. The summed E-state index contributed by atoms with van der Waals surface area (Å²) in [6.07, 6.45) is 2.73. The Labute approximate surface area is 117 Å². The van der Waals surface area contributed by atoms with Crippen LogP contribution in [0.15, 0.2) is 0 Å². The van der Waals surface area contributed by atoms with E-state index in [1.807, 2.05) is 11.8 Å². The van der Waals surface area contributed by atoms with Gasteiger partial charge in [-0.3, -0.25) is 10.1 Å². The molecule has 0 aromatic heterocycles. The van der Waals surface area contributed by atoms with E-state index in [2.05, 4.69) is 12.2 Å². The molecule has 3 unspecified atom stereocenters. The van der Waals surface area contributed by atoms with Crippen molar-refractivity contribution < 1.29 is 13.6 Å². The minimum absolute atomic E-state index is 0.177. The monoisotopic (exact) mass is 292 g/mol.